The summed E-state index contributed by atoms with van der Waals surface area (Å²) in [5.41, 5.74) is 0.611. The van der Waals surface area contributed by atoms with E-state index in [1.54, 1.807) is 6.07 Å². The van der Waals surface area contributed by atoms with E-state index in [1.165, 1.54) is 18.2 Å². The summed E-state index contributed by atoms with van der Waals surface area (Å²) < 4.78 is 27.0. The highest BCUT2D eigenvalue weighted by molar-refractivity contribution is 6.33. The van der Waals surface area contributed by atoms with Crippen molar-refractivity contribution in [1.82, 2.24) is 4.98 Å². The van der Waals surface area contributed by atoms with Crippen molar-refractivity contribution in [1.29, 1.82) is 5.26 Å². The third kappa shape index (κ3) is 2.24. The molecule has 0 saturated heterocycles. The lowest BCUT2D eigenvalue weighted by Crippen LogP contribution is -2.06. The molecule has 2 aromatic carbocycles. The first-order chi connectivity index (χ1) is 10.5. The van der Waals surface area contributed by atoms with Gasteiger partial charge in [0.1, 0.15) is 0 Å². The third-order valence-electron chi connectivity index (χ3n) is 3.27. The second-order valence-corrected chi connectivity index (χ2v) is 5.04. The Bertz CT molecular complexity index is 1010. The van der Waals surface area contributed by atoms with E-state index in [1.807, 2.05) is 6.07 Å². The van der Waals surface area contributed by atoms with Crippen molar-refractivity contribution in [3.05, 3.63) is 68.8 Å². The molecule has 108 valence electrons. The van der Waals surface area contributed by atoms with Gasteiger partial charge in [-0.15, -0.1) is 0 Å². The van der Waals surface area contributed by atoms with Gasteiger partial charge in [-0.2, -0.15) is 5.26 Å². The van der Waals surface area contributed by atoms with Gasteiger partial charge in [0.05, 0.1) is 28.2 Å². The van der Waals surface area contributed by atoms with Gasteiger partial charge in [0.25, 0.3) is 0 Å². The van der Waals surface area contributed by atoms with E-state index in [0.717, 1.165) is 12.1 Å². The molecule has 0 fully saturated rings. The minimum Gasteiger partial charge on any atom is -0.354 e. The molecule has 1 aromatic heterocycles. The van der Waals surface area contributed by atoms with Gasteiger partial charge in [-0.3, -0.25) is 4.79 Å². The van der Waals surface area contributed by atoms with Crippen LogP contribution in [0.15, 0.2) is 41.2 Å². The van der Waals surface area contributed by atoms with Crippen LogP contribution in [0.25, 0.3) is 22.2 Å². The number of aromatic amines is 1. The number of hydrogen-bond donors (Lipinski definition) is 1. The molecule has 0 aliphatic heterocycles. The molecule has 0 aliphatic carbocycles. The zero-order chi connectivity index (χ0) is 15.9. The van der Waals surface area contributed by atoms with Gasteiger partial charge < -0.3 is 4.98 Å². The number of fused-ring (bicyclic) bond motifs is 1. The lowest BCUT2D eigenvalue weighted by atomic mass is 10.1. The Balaban J connectivity index is 2.33. The third-order valence-corrected chi connectivity index (χ3v) is 3.60. The van der Waals surface area contributed by atoms with Crippen molar-refractivity contribution in [2.24, 2.45) is 0 Å². The molecule has 0 spiro atoms. The first kappa shape index (κ1) is 14.2. The summed E-state index contributed by atoms with van der Waals surface area (Å²) in [6.45, 7) is 0. The van der Waals surface area contributed by atoms with Crippen LogP contribution in [-0.2, 0) is 0 Å². The van der Waals surface area contributed by atoms with Gasteiger partial charge in [0.15, 0.2) is 17.1 Å². The highest BCUT2D eigenvalue weighted by atomic mass is 35.5. The standard InChI is InChI=1S/C16H7ClF2N2O/c17-10-2-1-8(7-20)5-9(10)13-6-14(22)15-12(21-13)4-3-11(18)16(15)19/h1-6H,(H,21,22). The quantitative estimate of drug-likeness (QED) is 0.737. The van der Waals surface area contributed by atoms with E-state index in [0.29, 0.717) is 21.8 Å². The number of H-pyrrole nitrogens is 1. The van der Waals surface area contributed by atoms with Crippen LogP contribution < -0.4 is 5.43 Å². The smallest absolute Gasteiger partial charge is 0.193 e. The van der Waals surface area contributed by atoms with Crippen LogP contribution in [0.4, 0.5) is 8.78 Å². The van der Waals surface area contributed by atoms with Crippen LogP contribution in [0.5, 0.6) is 0 Å². The monoisotopic (exact) mass is 316 g/mol. The molecule has 3 nitrogen and oxygen atoms in total. The van der Waals surface area contributed by atoms with Crippen molar-refractivity contribution in [3.63, 3.8) is 0 Å². The second-order valence-electron chi connectivity index (χ2n) is 4.64. The number of benzene rings is 2. The van der Waals surface area contributed by atoms with Crippen molar-refractivity contribution >= 4 is 22.5 Å². The zero-order valence-corrected chi connectivity index (χ0v) is 11.7. The fraction of sp³-hybridized carbons (Fsp3) is 0. The van der Waals surface area contributed by atoms with Crippen molar-refractivity contribution < 1.29 is 8.78 Å². The molecule has 1 N–H and O–H groups in total. The number of halogens is 3. The van der Waals surface area contributed by atoms with Gasteiger partial charge in [0, 0.05) is 16.7 Å². The largest absolute Gasteiger partial charge is 0.354 e. The predicted molar refractivity (Wildman–Crippen MR) is 79.6 cm³/mol. The highest BCUT2D eigenvalue weighted by Gasteiger charge is 2.14. The number of hydrogen-bond acceptors (Lipinski definition) is 2. The fourth-order valence-electron chi connectivity index (χ4n) is 2.23. The predicted octanol–water partition coefficient (Wildman–Crippen LogP) is 4.00. The zero-order valence-electron chi connectivity index (χ0n) is 11.0. The van der Waals surface area contributed by atoms with Crippen LogP contribution in [-0.4, -0.2) is 4.98 Å². The SMILES string of the molecule is N#Cc1ccc(Cl)c(-c2cc(=O)c3c(F)c(F)ccc3[nH]2)c1. The number of pyridine rings is 1. The Morgan fingerprint density at radius 1 is 1.14 bits per heavy atom. The molecule has 0 saturated carbocycles. The van der Waals surface area contributed by atoms with Gasteiger partial charge in [-0.25, -0.2) is 8.78 Å². The highest BCUT2D eigenvalue weighted by Crippen LogP contribution is 2.28. The summed E-state index contributed by atoms with van der Waals surface area (Å²) in [6, 6.07) is 9.90. The van der Waals surface area contributed by atoms with E-state index in [4.69, 9.17) is 16.9 Å². The van der Waals surface area contributed by atoms with E-state index in [9.17, 15) is 13.6 Å². The van der Waals surface area contributed by atoms with Crippen molar-refractivity contribution in [3.8, 4) is 17.3 Å². The van der Waals surface area contributed by atoms with Gasteiger partial charge in [0.2, 0.25) is 0 Å². The summed E-state index contributed by atoms with van der Waals surface area (Å²) in [6.07, 6.45) is 0. The molecule has 1 heterocycles. The molecule has 0 aliphatic rings. The summed E-state index contributed by atoms with van der Waals surface area (Å²) in [7, 11) is 0. The van der Waals surface area contributed by atoms with Crippen molar-refractivity contribution in [2.75, 3.05) is 0 Å². The normalized spacial score (nSPS) is 10.6. The fourth-order valence-corrected chi connectivity index (χ4v) is 2.45. The molecule has 6 heteroatoms. The summed E-state index contributed by atoms with van der Waals surface area (Å²) in [5.74, 6) is -2.28. The first-order valence-corrected chi connectivity index (χ1v) is 6.60. The Hall–Kier alpha value is -2.71. The van der Waals surface area contributed by atoms with Crippen LogP contribution in [0, 0.1) is 23.0 Å². The van der Waals surface area contributed by atoms with Crippen LogP contribution in [0.2, 0.25) is 5.02 Å². The summed E-state index contributed by atoms with van der Waals surface area (Å²) >= 11 is 6.08. The van der Waals surface area contributed by atoms with E-state index in [2.05, 4.69) is 4.98 Å². The topological polar surface area (TPSA) is 56.6 Å². The second kappa shape index (κ2) is 5.24. The molecule has 0 unspecified atom stereocenters. The number of nitrogens with zero attached hydrogens (tertiary/aromatic N) is 1. The molecule has 3 rings (SSSR count). The number of nitriles is 1. The van der Waals surface area contributed by atoms with Crippen LogP contribution in [0.3, 0.4) is 0 Å². The Morgan fingerprint density at radius 2 is 1.91 bits per heavy atom. The Morgan fingerprint density at radius 3 is 2.64 bits per heavy atom. The maximum atomic E-state index is 13.7. The lowest BCUT2D eigenvalue weighted by molar-refractivity contribution is 0.516. The molecule has 0 bridgehead atoms. The molecular weight excluding hydrogens is 310 g/mol. The molecule has 0 atom stereocenters. The number of nitrogens with one attached hydrogen (secondary N) is 1. The molecule has 22 heavy (non-hydrogen) atoms. The lowest BCUT2D eigenvalue weighted by Gasteiger charge is -2.08. The van der Waals surface area contributed by atoms with Crippen LogP contribution in [0.1, 0.15) is 5.56 Å². The summed E-state index contributed by atoms with van der Waals surface area (Å²) in [5, 5.41) is 8.92. The Kier molecular flexibility index (Phi) is 3.39. The molecule has 0 amide bonds. The van der Waals surface area contributed by atoms with E-state index < -0.39 is 17.1 Å². The molecule has 3 aromatic rings. The average molecular weight is 317 g/mol. The minimum atomic E-state index is -1.19. The van der Waals surface area contributed by atoms with Gasteiger partial charge in [-0.05, 0) is 30.3 Å². The number of rotatable bonds is 1. The molecular formula is C16H7ClF2N2O. The van der Waals surface area contributed by atoms with Gasteiger partial charge in [-0.1, -0.05) is 11.6 Å². The minimum absolute atomic E-state index is 0.153. The van der Waals surface area contributed by atoms with Gasteiger partial charge >= 0.3 is 0 Å². The van der Waals surface area contributed by atoms with E-state index >= 15 is 0 Å². The average Bonchev–Trinajstić information content (AvgIpc) is 2.51. The van der Waals surface area contributed by atoms with Crippen LogP contribution >= 0.6 is 11.6 Å². The Labute approximate surface area is 128 Å². The maximum absolute atomic E-state index is 13.7. The number of aromatic nitrogens is 1. The molecule has 0 radical (unpaired) electrons. The maximum Gasteiger partial charge on any atom is 0.193 e. The first-order valence-electron chi connectivity index (χ1n) is 6.22. The van der Waals surface area contributed by atoms with E-state index in [-0.39, 0.29) is 10.9 Å². The summed E-state index contributed by atoms with van der Waals surface area (Å²) in [4.78, 5) is 14.9. The van der Waals surface area contributed by atoms with Crippen molar-refractivity contribution in [2.45, 2.75) is 0 Å².